The van der Waals surface area contributed by atoms with E-state index in [1.807, 2.05) is 37.3 Å². The number of rotatable bonds is 7. The Kier molecular flexibility index (Phi) is 7.38. The van der Waals surface area contributed by atoms with E-state index in [0.717, 1.165) is 25.2 Å². The van der Waals surface area contributed by atoms with E-state index in [4.69, 9.17) is 4.74 Å². The van der Waals surface area contributed by atoms with Gasteiger partial charge in [-0.25, -0.2) is 0 Å². The van der Waals surface area contributed by atoms with Gasteiger partial charge in [0.15, 0.2) is 0 Å². The van der Waals surface area contributed by atoms with Crippen molar-refractivity contribution in [3.05, 3.63) is 59.2 Å². The van der Waals surface area contributed by atoms with Gasteiger partial charge in [0.1, 0.15) is 6.61 Å². The van der Waals surface area contributed by atoms with Crippen molar-refractivity contribution in [2.24, 2.45) is 0 Å². The minimum atomic E-state index is -0.238. The number of methoxy groups -OCH3 is 1. The second-order valence-electron chi connectivity index (χ2n) is 7.50. The third kappa shape index (κ3) is 6.14. The standard InChI is InChI=1S/C23H29N3O3/c1-17-6-11-20(24-22(27)16-29-2)14-21(17)25-23(28)19-9-7-18(8-10-19)15-26-12-4-3-5-13-26/h6-11,14H,3-5,12-13,15-16H2,1-2H3,(H,24,27)(H,25,28). The van der Waals surface area contributed by atoms with Gasteiger partial charge >= 0.3 is 0 Å². The van der Waals surface area contributed by atoms with Crippen LogP contribution in [0.2, 0.25) is 0 Å². The topological polar surface area (TPSA) is 70.7 Å². The average molecular weight is 396 g/mol. The van der Waals surface area contributed by atoms with Gasteiger partial charge in [-0.05, 0) is 68.2 Å². The molecule has 2 aromatic rings. The van der Waals surface area contributed by atoms with Gasteiger partial charge < -0.3 is 15.4 Å². The monoisotopic (exact) mass is 395 g/mol. The van der Waals surface area contributed by atoms with Gasteiger partial charge in [-0.15, -0.1) is 0 Å². The van der Waals surface area contributed by atoms with Crippen LogP contribution in [0, 0.1) is 6.92 Å². The highest BCUT2D eigenvalue weighted by atomic mass is 16.5. The number of nitrogens with one attached hydrogen (secondary N) is 2. The number of aryl methyl sites for hydroxylation is 1. The Morgan fingerprint density at radius 3 is 2.41 bits per heavy atom. The first kappa shape index (κ1) is 21.0. The number of carbonyl (C=O) groups excluding carboxylic acids is 2. The number of hydrogen-bond donors (Lipinski definition) is 2. The second kappa shape index (κ2) is 10.2. The van der Waals surface area contributed by atoms with E-state index in [1.165, 1.54) is 31.9 Å². The fraction of sp³-hybridized carbons (Fsp3) is 0.391. The third-order valence-electron chi connectivity index (χ3n) is 5.12. The molecule has 0 atom stereocenters. The Hall–Kier alpha value is -2.70. The molecule has 0 radical (unpaired) electrons. The van der Waals surface area contributed by atoms with Crippen molar-refractivity contribution in [1.29, 1.82) is 0 Å². The van der Waals surface area contributed by atoms with E-state index in [9.17, 15) is 9.59 Å². The van der Waals surface area contributed by atoms with Crippen molar-refractivity contribution in [3.8, 4) is 0 Å². The summed E-state index contributed by atoms with van der Waals surface area (Å²) in [6.45, 7) is 5.14. The van der Waals surface area contributed by atoms with Crippen molar-refractivity contribution in [2.75, 3.05) is 37.4 Å². The Balaban J connectivity index is 1.62. The molecule has 3 rings (SSSR count). The fourth-order valence-electron chi connectivity index (χ4n) is 3.49. The Morgan fingerprint density at radius 1 is 1.00 bits per heavy atom. The van der Waals surface area contributed by atoms with Crippen LogP contribution in [0.25, 0.3) is 0 Å². The number of benzene rings is 2. The number of nitrogens with zero attached hydrogens (tertiary/aromatic N) is 1. The maximum Gasteiger partial charge on any atom is 0.255 e. The molecule has 2 N–H and O–H groups in total. The molecule has 0 aromatic heterocycles. The normalized spacial score (nSPS) is 14.4. The zero-order valence-electron chi connectivity index (χ0n) is 17.2. The first-order valence-corrected chi connectivity index (χ1v) is 10.1. The molecule has 29 heavy (non-hydrogen) atoms. The SMILES string of the molecule is COCC(=O)Nc1ccc(C)c(NC(=O)c2ccc(CN3CCCCC3)cc2)c1. The minimum absolute atomic E-state index is 0.0145. The van der Waals surface area contributed by atoms with E-state index < -0.39 is 0 Å². The van der Waals surface area contributed by atoms with Gasteiger partial charge in [0.05, 0.1) is 0 Å². The molecule has 1 fully saturated rings. The van der Waals surface area contributed by atoms with E-state index in [1.54, 1.807) is 12.1 Å². The molecule has 6 nitrogen and oxygen atoms in total. The molecule has 0 aliphatic carbocycles. The van der Waals surface area contributed by atoms with Crippen molar-refractivity contribution in [1.82, 2.24) is 4.90 Å². The lowest BCUT2D eigenvalue weighted by Crippen LogP contribution is -2.29. The highest BCUT2D eigenvalue weighted by Gasteiger charge is 2.12. The molecular formula is C23H29N3O3. The van der Waals surface area contributed by atoms with Crippen LogP contribution in [0.5, 0.6) is 0 Å². The minimum Gasteiger partial charge on any atom is -0.375 e. The van der Waals surface area contributed by atoms with Crippen LogP contribution in [0.4, 0.5) is 11.4 Å². The van der Waals surface area contributed by atoms with Crippen LogP contribution >= 0.6 is 0 Å². The largest absolute Gasteiger partial charge is 0.375 e. The molecule has 6 heteroatoms. The summed E-state index contributed by atoms with van der Waals surface area (Å²) in [7, 11) is 1.47. The Labute approximate surface area is 172 Å². The molecule has 0 saturated carbocycles. The molecule has 2 amide bonds. The van der Waals surface area contributed by atoms with Gasteiger partial charge in [-0.2, -0.15) is 0 Å². The first-order valence-electron chi connectivity index (χ1n) is 10.1. The summed E-state index contributed by atoms with van der Waals surface area (Å²) in [6.07, 6.45) is 3.86. The number of piperidine rings is 1. The molecule has 1 heterocycles. The fourth-order valence-corrected chi connectivity index (χ4v) is 3.49. The lowest BCUT2D eigenvalue weighted by Gasteiger charge is -2.26. The molecular weight excluding hydrogens is 366 g/mol. The van der Waals surface area contributed by atoms with Gasteiger partial charge in [-0.3, -0.25) is 14.5 Å². The predicted molar refractivity (Wildman–Crippen MR) is 115 cm³/mol. The highest BCUT2D eigenvalue weighted by molar-refractivity contribution is 6.05. The Bertz CT molecular complexity index is 843. The van der Waals surface area contributed by atoms with Crippen LogP contribution in [-0.2, 0) is 16.1 Å². The molecule has 154 valence electrons. The van der Waals surface area contributed by atoms with Gasteiger partial charge in [0, 0.05) is 30.6 Å². The average Bonchev–Trinajstić information content (AvgIpc) is 2.72. The summed E-state index contributed by atoms with van der Waals surface area (Å²) < 4.78 is 4.82. The van der Waals surface area contributed by atoms with Crippen LogP contribution in [0.3, 0.4) is 0 Å². The predicted octanol–water partition coefficient (Wildman–Crippen LogP) is 3.82. The highest BCUT2D eigenvalue weighted by Crippen LogP contribution is 2.21. The molecule has 0 spiro atoms. The Morgan fingerprint density at radius 2 is 1.72 bits per heavy atom. The second-order valence-corrected chi connectivity index (χ2v) is 7.50. The number of ether oxygens (including phenoxy) is 1. The van der Waals surface area contributed by atoms with Crippen LogP contribution in [0.1, 0.15) is 40.7 Å². The summed E-state index contributed by atoms with van der Waals surface area (Å²) in [6, 6.07) is 13.2. The number of likely N-dealkylation sites (tertiary alicyclic amines) is 1. The summed E-state index contributed by atoms with van der Waals surface area (Å²) >= 11 is 0. The zero-order valence-corrected chi connectivity index (χ0v) is 17.2. The molecule has 1 aliphatic rings. The lowest BCUT2D eigenvalue weighted by molar-refractivity contribution is -0.119. The van der Waals surface area contributed by atoms with Crippen LogP contribution < -0.4 is 10.6 Å². The number of carbonyl (C=O) groups is 2. The van der Waals surface area contributed by atoms with Gasteiger partial charge in [0.25, 0.3) is 5.91 Å². The van der Waals surface area contributed by atoms with E-state index in [0.29, 0.717) is 16.9 Å². The quantitative estimate of drug-likeness (QED) is 0.748. The summed E-state index contributed by atoms with van der Waals surface area (Å²) in [5.41, 5.74) is 4.04. The van der Waals surface area contributed by atoms with Gasteiger partial charge in [0.2, 0.25) is 5.91 Å². The molecule has 0 bridgehead atoms. The van der Waals surface area contributed by atoms with E-state index in [2.05, 4.69) is 15.5 Å². The summed E-state index contributed by atoms with van der Waals surface area (Å²) in [5, 5.41) is 5.69. The number of anilines is 2. The maximum atomic E-state index is 12.7. The zero-order chi connectivity index (χ0) is 20.6. The molecule has 2 aromatic carbocycles. The van der Waals surface area contributed by atoms with Crippen LogP contribution in [0.15, 0.2) is 42.5 Å². The van der Waals surface area contributed by atoms with Gasteiger partial charge in [-0.1, -0.05) is 24.6 Å². The maximum absolute atomic E-state index is 12.7. The van der Waals surface area contributed by atoms with Crippen molar-refractivity contribution >= 4 is 23.2 Å². The molecule has 0 unspecified atom stereocenters. The summed E-state index contributed by atoms with van der Waals surface area (Å²) in [4.78, 5) is 26.8. The lowest BCUT2D eigenvalue weighted by atomic mass is 10.1. The number of hydrogen-bond acceptors (Lipinski definition) is 4. The van der Waals surface area contributed by atoms with Crippen molar-refractivity contribution < 1.29 is 14.3 Å². The first-order chi connectivity index (χ1) is 14.0. The van der Waals surface area contributed by atoms with Crippen molar-refractivity contribution in [3.63, 3.8) is 0 Å². The summed E-state index contributed by atoms with van der Waals surface area (Å²) in [5.74, 6) is -0.407. The third-order valence-corrected chi connectivity index (χ3v) is 5.12. The molecule has 1 saturated heterocycles. The van der Waals surface area contributed by atoms with E-state index >= 15 is 0 Å². The molecule has 1 aliphatic heterocycles. The van der Waals surface area contributed by atoms with E-state index in [-0.39, 0.29) is 18.4 Å². The smallest absolute Gasteiger partial charge is 0.255 e. The number of amides is 2. The van der Waals surface area contributed by atoms with Crippen molar-refractivity contribution in [2.45, 2.75) is 32.7 Å². The van der Waals surface area contributed by atoms with Crippen LogP contribution in [-0.4, -0.2) is 43.5 Å².